The highest BCUT2D eigenvalue weighted by Gasteiger charge is 2.13. The summed E-state index contributed by atoms with van der Waals surface area (Å²) in [4.78, 5) is 24.1. The molecule has 0 saturated carbocycles. The Morgan fingerprint density at radius 1 is 0.879 bits per heavy atom. The zero-order chi connectivity index (χ0) is 23.2. The Bertz CT molecular complexity index is 1260. The van der Waals surface area contributed by atoms with Gasteiger partial charge in [-0.25, -0.2) is 9.59 Å². The summed E-state index contributed by atoms with van der Waals surface area (Å²) < 4.78 is 18.1. The van der Waals surface area contributed by atoms with Crippen LogP contribution in [-0.2, 0) is 29.5 Å². The van der Waals surface area contributed by atoms with Crippen LogP contribution in [0.25, 0.3) is 10.9 Å². The molecule has 0 radical (unpaired) electrons. The van der Waals surface area contributed by atoms with Gasteiger partial charge >= 0.3 is 11.9 Å². The second-order valence-corrected chi connectivity index (χ2v) is 7.67. The van der Waals surface area contributed by atoms with E-state index in [1.54, 1.807) is 30.3 Å². The molecule has 3 aromatic carbocycles. The first-order valence-electron chi connectivity index (χ1n) is 10.7. The lowest BCUT2D eigenvalue weighted by molar-refractivity contribution is 0.0472. The van der Waals surface area contributed by atoms with Crippen LogP contribution in [0.2, 0.25) is 0 Å². The molecule has 0 aliphatic rings. The van der Waals surface area contributed by atoms with Crippen molar-refractivity contribution >= 4 is 22.8 Å². The molecule has 1 aromatic heterocycles. The van der Waals surface area contributed by atoms with Gasteiger partial charge in [0.05, 0.1) is 24.8 Å². The second-order valence-electron chi connectivity index (χ2n) is 7.67. The van der Waals surface area contributed by atoms with E-state index in [1.165, 1.54) is 7.11 Å². The Labute approximate surface area is 192 Å². The molecule has 0 N–H and O–H groups in total. The summed E-state index contributed by atoms with van der Waals surface area (Å²) in [5.74, 6) is -0.0547. The van der Waals surface area contributed by atoms with Gasteiger partial charge in [0.2, 0.25) is 0 Å². The molecule has 0 aliphatic carbocycles. The summed E-state index contributed by atoms with van der Waals surface area (Å²) in [6, 6.07) is 22.1. The minimum absolute atomic E-state index is 0.238. The molecule has 0 saturated heterocycles. The summed E-state index contributed by atoms with van der Waals surface area (Å²) in [5.41, 5.74) is 4.06. The number of esters is 2. The zero-order valence-electron chi connectivity index (χ0n) is 18.6. The second kappa shape index (κ2) is 10.0. The van der Waals surface area contributed by atoms with Gasteiger partial charge in [0.15, 0.2) is 0 Å². The van der Waals surface area contributed by atoms with Crippen LogP contribution in [0.4, 0.5) is 0 Å². The van der Waals surface area contributed by atoms with Gasteiger partial charge < -0.3 is 18.8 Å². The minimum atomic E-state index is -0.379. The van der Waals surface area contributed by atoms with Crippen molar-refractivity contribution in [2.45, 2.75) is 13.0 Å². The average Bonchev–Trinajstić information content (AvgIpc) is 3.17. The molecule has 0 fully saturated rings. The van der Waals surface area contributed by atoms with Gasteiger partial charge in [-0.3, -0.25) is 0 Å². The van der Waals surface area contributed by atoms with Gasteiger partial charge in [0.25, 0.3) is 0 Å². The van der Waals surface area contributed by atoms with Gasteiger partial charge in [-0.15, -0.1) is 0 Å². The summed E-state index contributed by atoms with van der Waals surface area (Å²) in [7, 11) is 3.33. The molecule has 0 amide bonds. The lowest BCUT2D eigenvalue weighted by Gasteiger charge is -2.07. The normalized spacial score (nSPS) is 10.7. The molecule has 6 heteroatoms. The number of hydrogen-bond acceptors (Lipinski definition) is 5. The number of aromatic nitrogens is 1. The molecular weight excluding hydrogens is 418 g/mol. The van der Waals surface area contributed by atoms with E-state index < -0.39 is 0 Å². The van der Waals surface area contributed by atoms with E-state index in [9.17, 15) is 9.59 Å². The first-order chi connectivity index (χ1) is 16.0. The Balaban J connectivity index is 1.42. The largest absolute Gasteiger partial charge is 0.493 e. The molecule has 6 nitrogen and oxygen atoms in total. The molecule has 1 heterocycles. The molecule has 0 spiro atoms. The maximum atomic E-state index is 12.6. The number of ether oxygens (including phenoxy) is 3. The molecule has 4 rings (SSSR count). The topological polar surface area (TPSA) is 66.8 Å². The average molecular weight is 443 g/mol. The molecule has 0 bridgehead atoms. The highest BCUT2D eigenvalue weighted by molar-refractivity contribution is 5.96. The van der Waals surface area contributed by atoms with Crippen LogP contribution in [0.3, 0.4) is 0 Å². The van der Waals surface area contributed by atoms with Crippen molar-refractivity contribution < 1.29 is 23.8 Å². The van der Waals surface area contributed by atoms with Gasteiger partial charge in [0, 0.05) is 30.6 Å². The van der Waals surface area contributed by atoms with Crippen molar-refractivity contribution in [1.29, 1.82) is 0 Å². The van der Waals surface area contributed by atoms with Crippen LogP contribution < -0.4 is 4.74 Å². The third-order valence-corrected chi connectivity index (χ3v) is 5.44. The smallest absolute Gasteiger partial charge is 0.338 e. The van der Waals surface area contributed by atoms with Crippen LogP contribution in [-0.4, -0.2) is 30.2 Å². The van der Waals surface area contributed by atoms with E-state index in [0.29, 0.717) is 29.9 Å². The van der Waals surface area contributed by atoms with E-state index in [2.05, 4.69) is 0 Å². The van der Waals surface area contributed by atoms with Crippen LogP contribution in [0.1, 0.15) is 31.8 Å². The van der Waals surface area contributed by atoms with E-state index >= 15 is 0 Å². The van der Waals surface area contributed by atoms with Crippen molar-refractivity contribution in [2.24, 2.45) is 7.05 Å². The fourth-order valence-electron chi connectivity index (χ4n) is 3.69. The molecular formula is C27H25NO5. The van der Waals surface area contributed by atoms with Crippen LogP contribution in [0.5, 0.6) is 5.75 Å². The standard InChI is InChI=1S/C27H25NO5/c1-28-17-22(14-15-32-23-11-8-20(9-12-23)26(29)31-2)24-16-21(10-13-25(24)28)27(30)33-18-19-6-4-3-5-7-19/h3-13,16-17H,14-15,18H2,1-2H3. The van der Waals surface area contributed by atoms with Gasteiger partial charge in [-0.2, -0.15) is 0 Å². The number of benzene rings is 3. The number of fused-ring (bicyclic) bond motifs is 1. The van der Waals surface area contributed by atoms with Crippen molar-refractivity contribution in [3.63, 3.8) is 0 Å². The number of aryl methyl sites for hydroxylation is 1. The van der Waals surface area contributed by atoms with Crippen molar-refractivity contribution in [1.82, 2.24) is 4.57 Å². The van der Waals surface area contributed by atoms with Crippen molar-refractivity contribution in [3.05, 3.63) is 101 Å². The molecule has 0 atom stereocenters. The fraction of sp³-hybridized carbons (Fsp3) is 0.185. The number of nitrogens with zero attached hydrogens (tertiary/aromatic N) is 1. The summed E-state index contributed by atoms with van der Waals surface area (Å²) in [6.45, 7) is 0.696. The van der Waals surface area contributed by atoms with E-state index in [0.717, 1.165) is 22.0 Å². The first kappa shape index (κ1) is 22.1. The van der Waals surface area contributed by atoms with Crippen LogP contribution in [0, 0.1) is 0 Å². The first-order valence-corrected chi connectivity index (χ1v) is 10.7. The van der Waals surface area contributed by atoms with Gasteiger partial charge in [-0.1, -0.05) is 30.3 Å². The lowest BCUT2D eigenvalue weighted by Crippen LogP contribution is -2.05. The Morgan fingerprint density at radius 2 is 1.61 bits per heavy atom. The van der Waals surface area contributed by atoms with Crippen LogP contribution >= 0.6 is 0 Å². The molecule has 0 unspecified atom stereocenters. The molecule has 168 valence electrons. The molecule has 33 heavy (non-hydrogen) atoms. The molecule has 4 aromatic rings. The maximum Gasteiger partial charge on any atom is 0.338 e. The van der Waals surface area contributed by atoms with Crippen molar-refractivity contribution in [2.75, 3.05) is 13.7 Å². The zero-order valence-corrected chi connectivity index (χ0v) is 18.6. The number of hydrogen-bond donors (Lipinski definition) is 0. The minimum Gasteiger partial charge on any atom is -0.493 e. The lowest BCUT2D eigenvalue weighted by atomic mass is 10.1. The predicted molar refractivity (Wildman–Crippen MR) is 125 cm³/mol. The quantitative estimate of drug-likeness (QED) is 0.361. The number of methoxy groups -OCH3 is 1. The predicted octanol–water partition coefficient (Wildman–Crippen LogP) is 4.94. The van der Waals surface area contributed by atoms with E-state index in [4.69, 9.17) is 14.2 Å². The summed E-state index contributed by atoms with van der Waals surface area (Å²) in [5, 5.41) is 0.997. The Kier molecular flexibility index (Phi) is 6.74. The van der Waals surface area contributed by atoms with E-state index in [-0.39, 0.29) is 18.5 Å². The van der Waals surface area contributed by atoms with Crippen LogP contribution in [0.15, 0.2) is 79.0 Å². The number of carbonyl (C=O) groups is 2. The summed E-state index contributed by atoms with van der Waals surface area (Å²) >= 11 is 0. The third-order valence-electron chi connectivity index (χ3n) is 5.44. The van der Waals surface area contributed by atoms with Crippen molar-refractivity contribution in [3.8, 4) is 5.75 Å². The van der Waals surface area contributed by atoms with Gasteiger partial charge in [0.1, 0.15) is 12.4 Å². The molecule has 0 aliphatic heterocycles. The highest BCUT2D eigenvalue weighted by Crippen LogP contribution is 2.24. The number of carbonyl (C=O) groups excluding carboxylic acids is 2. The summed E-state index contributed by atoms with van der Waals surface area (Å²) in [6.07, 6.45) is 2.71. The Hall–Kier alpha value is -4.06. The fourth-order valence-corrected chi connectivity index (χ4v) is 3.69. The Morgan fingerprint density at radius 3 is 2.33 bits per heavy atom. The van der Waals surface area contributed by atoms with Gasteiger partial charge in [-0.05, 0) is 53.6 Å². The number of rotatable bonds is 8. The highest BCUT2D eigenvalue weighted by atomic mass is 16.5. The third kappa shape index (κ3) is 5.23. The van der Waals surface area contributed by atoms with E-state index in [1.807, 2.05) is 60.3 Å². The monoisotopic (exact) mass is 443 g/mol. The maximum absolute atomic E-state index is 12.6. The SMILES string of the molecule is COC(=O)c1ccc(OCCc2cn(C)c3ccc(C(=O)OCc4ccccc4)cc23)cc1.